The van der Waals surface area contributed by atoms with Crippen LogP contribution in [0.2, 0.25) is 0 Å². The molecule has 28 heavy (non-hydrogen) atoms. The minimum atomic E-state index is -1.06. The molecule has 3 rings (SSSR count). The van der Waals surface area contributed by atoms with Gasteiger partial charge in [0.25, 0.3) is 17.4 Å². The molecule has 0 spiro atoms. The minimum absolute atomic E-state index is 0.0615. The standard InChI is InChI=1S/C20H21F2N3O3/c1-24-8-2-3-15(19(24)27)20(28)25-9-6-13(7-10-25)12-23-18(26)14-4-5-16(21)17(22)11-14/h2-5,8,11,13H,6-7,9-10,12H2,1H3,(H,23,26). The van der Waals surface area contributed by atoms with Crippen LogP contribution in [0.15, 0.2) is 41.3 Å². The number of aromatic nitrogens is 1. The Morgan fingerprint density at radius 1 is 1.14 bits per heavy atom. The van der Waals surface area contributed by atoms with Crippen LogP contribution in [0.1, 0.15) is 33.6 Å². The predicted octanol–water partition coefficient (Wildman–Crippen LogP) is 1.95. The van der Waals surface area contributed by atoms with E-state index in [1.165, 1.54) is 16.7 Å². The second-order valence-electron chi connectivity index (χ2n) is 6.91. The molecule has 6 nitrogen and oxygen atoms in total. The number of hydrogen-bond acceptors (Lipinski definition) is 3. The molecule has 1 fully saturated rings. The summed E-state index contributed by atoms with van der Waals surface area (Å²) in [5, 5.41) is 2.72. The van der Waals surface area contributed by atoms with Gasteiger partial charge in [0.15, 0.2) is 11.6 Å². The molecule has 2 amide bonds. The van der Waals surface area contributed by atoms with Gasteiger partial charge in [-0.1, -0.05) is 0 Å². The Labute approximate surface area is 160 Å². The molecule has 1 saturated heterocycles. The van der Waals surface area contributed by atoms with Crippen LogP contribution in [-0.2, 0) is 7.05 Å². The Morgan fingerprint density at radius 3 is 2.54 bits per heavy atom. The van der Waals surface area contributed by atoms with E-state index in [0.717, 1.165) is 12.1 Å². The summed E-state index contributed by atoms with van der Waals surface area (Å²) in [6.45, 7) is 1.36. The smallest absolute Gasteiger partial charge is 0.263 e. The Kier molecular flexibility index (Phi) is 5.87. The molecule has 0 unspecified atom stereocenters. The van der Waals surface area contributed by atoms with E-state index in [2.05, 4.69) is 5.32 Å². The van der Waals surface area contributed by atoms with Crippen molar-refractivity contribution in [2.24, 2.45) is 13.0 Å². The summed E-state index contributed by atoms with van der Waals surface area (Å²) < 4.78 is 27.5. The maximum atomic E-state index is 13.2. The van der Waals surface area contributed by atoms with E-state index in [4.69, 9.17) is 0 Å². The molecule has 1 aliphatic heterocycles. The predicted molar refractivity (Wildman–Crippen MR) is 99.0 cm³/mol. The van der Waals surface area contributed by atoms with Crippen LogP contribution in [0.4, 0.5) is 8.78 Å². The Bertz CT molecular complexity index is 950. The maximum absolute atomic E-state index is 13.2. The summed E-state index contributed by atoms with van der Waals surface area (Å²) in [5.41, 5.74) is -0.116. The first kappa shape index (κ1) is 19.7. The van der Waals surface area contributed by atoms with Gasteiger partial charge in [-0.05, 0) is 49.1 Å². The SMILES string of the molecule is Cn1cccc(C(=O)N2CCC(CNC(=O)c3ccc(F)c(F)c3)CC2)c1=O. The number of rotatable bonds is 4. The van der Waals surface area contributed by atoms with E-state index < -0.39 is 17.5 Å². The fourth-order valence-electron chi connectivity index (χ4n) is 3.25. The minimum Gasteiger partial charge on any atom is -0.352 e. The number of nitrogens with zero attached hydrogens (tertiary/aromatic N) is 2. The lowest BCUT2D eigenvalue weighted by Gasteiger charge is -2.32. The molecular formula is C20H21F2N3O3. The number of hydrogen-bond donors (Lipinski definition) is 1. The molecule has 2 aromatic rings. The Hall–Kier alpha value is -3.03. The number of aryl methyl sites for hydroxylation is 1. The molecule has 0 saturated carbocycles. The second kappa shape index (κ2) is 8.33. The number of carbonyl (C=O) groups is 2. The summed E-state index contributed by atoms with van der Waals surface area (Å²) in [6.07, 6.45) is 2.95. The molecule has 0 atom stereocenters. The number of benzene rings is 1. The molecule has 0 radical (unpaired) electrons. The molecule has 148 valence electrons. The van der Waals surface area contributed by atoms with Crippen molar-refractivity contribution in [2.75, 3.05) is 19.6 Å². The highest BCUT2D eigenvalue weighted by molar-refractivity contribution is 5.94. The van der Waals surface area contributed by atoms with Gasteiger partial charge in [0.2, 0.25) is 0 Å². The number of pyridine rings is 1. The lowest BCUT2D eigenvalue weighted by atomic mass is 9.96. The zero-order chi connectivity index (χ0) is 20.3. The third-order valence-electron chi connectivity index (χ3n) is 4.99. The summed E-state index contributed by atoms with van der Waals surface area (Å²) in [5.74, 6) is -2.65. The summed E-state index contributed by atoms with van der Waals surface area (Å²) in [4.78, 5) is 38.4. The number of carbonyl (C=O) groups excluding carboxylic acids is 2. The third-order valence-corrected chi connectivity index (χ3v) is 4.99. The number of halogens is 2. The van der Waals surface area contributed by atoms with Gasteiger partial charge in [-0.15, -0.1) is 0 Å². The number of amides is 2. The van der Waals surface area contributed by atoms with Crippen molar-refractivity contribution in [2.45, 2.75) is 12.8 Å². The average Bonchev–Trinajstić information content (AvgIpc) is 2.70. The quantitative estimate of drug-likeness (QED) is 0.869. The molecule has 8 heteroatoms. The van der Waals surface area contributed by atoms with Gasteiger partial charge in [0.1, 0.15) is 5.56 Å². The monoisotopic (exact) mass is 389 g/mol. The lowest BCUT2D eigenvalue weighted by Crippen LogP contribution is -2.43. The van der Waals surface area contributed by atoms with Gasteiger partial charge in [0, 0.05) is 38.4 Å². The van der Waals surface area contributed by atoms with Crippen LogP contribution in [0.3, 0.4) is 0 Å². The van der Waals surface area contributed by atoms with E-state index >= 15 is 0 Å². The van der Waals surface area contributed by atoms with Crippen LogP contribution in [0.5, 0.6) is 0 Å². The molecule has 1 N–H and O–H groups in total. The van der Waals surface area contributed by atoms with E-state index in [1.807, 2.05) is 0 Å². The second-order valence-corrected chi connectivity index (χ2v) is 6.91. The first-order valence-corrected chi connectivity index (χ1v) is 9.05. The highest BCUT2D eigenvalue weighted by atomic mass is 19.2. The normalized spacial score (nSPS) is 14.8. The fourth-order valence-corrected chi connectivity index (χ4v) is 3.25. The topological polar surface area (TPSA) is 71.4 Å². The van der Waals surface area contributed by atoms with Gasteiger partial charge in [-0.3, -0.25) is 14.4 Å². The molecular weight excluding hydrogens is 368 g/mol. The van der Waals surface area contributed by atoms with E-state index in [0.29, 0.717) is 32.5 Å². The first-order chi connectivity index (χ1) is 13.4. The van der Waals surface area contributed by atoms with Crippen molar-refractivity contribution in [3.05, 3.63) is 69.6 Å². The van der Waals surface area contributed by atoms with Gasteiger partial charge in [-0.25, -0.2) is 8.78 Å². The van der Waals surface area contributed by atoms with E-state index in [1.54, 1.807) is 24.2 Å². The number of nitrogens with one attached hydrogen (secondary N) is 1. The lowest BCUT2D eigenvalue weighted by molar-refractivity contribution is 0.0682. The Morgan fingerprint density at radius 2 is 1.86 bits per heavy atom. The summed E-state index contributed by atoms with van der Waals surface area (Å²) in [7, 11) is 1.60. The van der Waals surface area contributed by atoms with Gasteiger partial charge in [-0.2, -0.15) is 0 Å². The number of likely N-dealkylation sites (tertiary alicyclic amines) is 1. The molecule has 2 heterocycles. The fraction of sp³-hybridized carbons (Fsp3) is 0.350. The van der Waals surface area contributed by atoms with Crippen molar-refractivity contribution >= 4 is 11.8 Å². The molecule has 1 aromatic carbocycles. The van der Waals surface area contributed by atoms with Crippen molar-refractivity contribution in [3.63, 3.8) is 0 Å². The average molecular weight is 389 g/mol. The van der Waals surface area contributed by atoms with Gasteiger partial charge in [0.05, 0.1) is 0 Å². The molecule has 1 aliphatic rings. The van der Waals surface area contributed by atoms with Crippen LogP contribution in [0.25, 0.3) is 0 Å². The first-order valence-electron chi connectivity index (χ1n) is 9.05. The summed E-state index contributed by atoms with van der Waals surface area (Å²) in [6, 6.07) is 6.21. The van der Waals surface area contributed by atoms with E-state index in [9.17, 15) is 23.2 Å². The highest BCUT2D eigenvalue weighted by Gasteiger charge is 2.25. The van der Waals surface area contributed by atoms with Gasteiger partial charge < -0.3 is 14.8 Å². The van der Waals surface area contributed by atoms with Crippen molar-refractivity contribution in [1.82, 2.24) is 14.8 Å². The van der Waals surface area contributed by atoms with Crippen LogP contribution >= 0.6 is 0 Å². The van der Waals surface area contributed by atoms with Crippen LogP contribution in [0, 0.1) is 17.6 Å². The van der Waals surface area contributed by atoms with Crippen molar-refractivity contribution in [3.8, 4) is 0 Å². The number of piperidine rings is 1. The maximum Gasteiger partial charge on any atom is 0.263 e. The Balaban J connectivity index is 1.52. The molecule has 0 aliphatic carbocycles. The zero-order valence-corrected chi connectivity index (χ0v) is 15.5. The van der Waals surface area contributed by atoms with E-state index in [-0.39, 0.29) is 28.5 Å². The summed E-state index contributed by atoms with van der Waals surface area (Å²) >= 11 is 0. The van der Waals surface area contributed by atoms with Crippen molar-refractivity contribution < 1.29 is 18.4 Å². The van der Waals surface area contributed by atoms with Gasteiger partial charge >= 0.3 is 0 Å². The highest BCUT2D eigenvalue weighted by Crippen LogP contribution is 2.18. The third kappa shape index (κ3) is 4.27. The van der Waals surface area contributed by atoms with Crippen LogP contribution in [-0.4, -0.2) is 40.9 Å². The molecule has 0 bridgehead atoms. The largest absolute Gasteiger partial charge is 0.352 e. The zero-order valence-electron chi connectivity index (χ0n) is 15.5. The van der Waals surface area contributed by atoms with Crippen LogP contribution < -0.4 is 10.9 Å². The van der Waals surface area contributed by atoms with Crippen molar-refractivity contribution in [1.29, 1.82) is 0 Å². The molecule has 1 aromatic heterocycles.